The minimum absolute atomic E-state index is 0.170. The number of unbranched alkanes of at least 4 members (excludes halogenated alkanes) is 3. The zero-order valence-corrected chi connectivity index (χ0v) is 17.9. The van der Waals surface area contributed by atoms with Crippen LogP contribution in [0.5, 0.6) is 5.75 Å². The van der Waals surface area contributed by atoms with Gasteiger partial charge in [-0.15, -0.1) is 0 Å². The molecule has 0 saturated carbocycles. The second-order valence-electron chi connectivity index (χ2n) is 8.22. The van der Waals surface area contributed by atoms with E-state index in [1.165, 1.54) is 15.7 Å². The monoisotopic (exact) mass is 423 g/mol. The van der Waals surface area contributed by atoms with E-state index in [0.29, 0.717) is 24.3 Å². The molecule has 1 aliphatic heterocycles. The highest BCUT2D eigenvalue weighted by Gasteiger charge is 2.34. The molecule has 0 bridgehead atoms. The third-order valence-corrected chi connectivity index (χ3v) is 6.12. The van der Waals surface area contributed by atoms with Crippen molar-refractivity contribution in [1.29, 1.82) is 0 Å². The standard InChI is InChI=1S/C28H25NO3/c30-27-24-15-7-8-16-25(24)28(31)29(27)17-9-1-2-10-18-32-26-22-13-5-3-11-20(22)19-21-12-4-6-14-23(21)26/h3-8,11-16,19H,1-2,9-10,17-18H2. The molecule has 2 amide bonds. The van der Waals surface area contributed by atoms with Crippen molar-refractivity contribution in [2.75, 3.05) is 13.2 Å². The average Bonchev–Trinajstić information content (AvgIpc) is 3.07. The van der Waals surface area contributed by atoms with Crippen LogP contribution in [0.25, 0.3) is 21.5 Å². The summed E-state index contributed by atoms with van der Waals surface area (Å²) in [5.74, 6) is 0.609. The fraction of sp³-hybridized carbons (Fsp3) is 0.214. The summed E-state index contributed by atoms with van der Waals surface area (Å²) >= 11 is 0. The molecular weight excluding hydrogens is 398 g/mol. The van der Waals surface area contributed by atoms with Crippen molar-refractivity contribution in [3.63, 3.8) is 0 Å². The van der Waals surface area contributed by atoms with Gasteiger partial charge in [-0.2, -0.15) is 0 Å². The van der Waals surface area contributed by atoms with Crippen LogP contribution >= 0.6 is 0 Å². The van der Waals surface area contributed by atoms with Gasteiger partial charge in [0.2, 0.25) is 0 Å². The molecule has 0 saturated heterocycles. The van der Waals surface area contributed by atoms with Gasteiger partial charge in [-0.3, -0.25) is 14.5 Å². The summed E-state index contributed by atoms with van der Waals surface area (Å²) in [5.41, 5.74) is 1.04. The second-order valence-corrected chi connectivity index (χ2v) is 8.22. The number of carbonyl (C=O) groups is 2. The molecule has 32 heavy (non-hydrogen) atoms. The first-order valence-electron chi connectivity index (χ1n) is 11.2. The SMILES string of the molecule is O=C1c2ccccc2C(=O)N1CCCCCCOc1c2ccccc2cc2ccccc12. The molecule has 4 nitrogen and oxygen atoms in total. The lowest BCUT2D eigenvalue weighted by Crippen LogP contribution is -2.30. The Morgan fingerprint density at radius 1 is 0.625 bits per heavy atom. The van der Waals surface area contributed by atoms with Crippen LogP contribution in [0, 0.1) is 0 Å². The number of ether oxygens (including phenoxy) is 1. The van der Waals surface area contributed by atoms with Gasteiger partial charge < -0.3 is 4.74 Å². The minimum atomic E-state index is -0.170. The van der Waals surface area contributed by atoms with Crippen LogP contribution in [0.4, 0.5) is 0 Å². The number of rotatable bonds is 8. The van der Waals surface area contributed by atoms with Crippen LogP contribution in [-0.4, -0.2) is 29.9 Å². The van der Waals surface area contributed by atoms with Crippen molar-refractivity contribution < 1.29 is 14.3 Å². The lowest BCUT2D eigenvalue weighted by atomic mass is 10.0. The molecule has 0 fully saturated rings. The van der Waals surface area contributed by atoms with Gasteiger partial charge in [-0.1, -0.05) is 73.5 Å². The molecule has 0 spiro atoms. The minimum Gasteiger partial charge on any atom is -0.492 e. The van der Waals surface area contributed by atoms with E-state index in [1.54, 1.807) is 24.3 Å². The first kappa shape index (κ1) is 20.3. The van der Waals surface area contributed by atoms with Crippen LogP contribution in [-0.2, 0) is 0 Å². The van der Waals surface area contributed by atoms with Crippen molar-refractivity contribution in [3.05, 3.63) is 90.0 Å². The number of nitrogens with zero attached hydrogens (tertiary/aromatic N) is 1. The van der Waals surface area contributed by atoms with Crippen LogP contribution in [0.15, 0.2) is 78.9 Å². The van der Waals surface area contributed by atoms with E-state index in [2.05, 4.69) is 42.5 Å². The summed E-state index contributed by atoms with van der Waals surface area (Å²) in [5, 5.41) is 4.64. The number of hydrogen-bond donors (Lipinski definition) is 0. The van der Waals surface area contributed by atoms with Gasteiger partial charge >= 0.3 is 0 Å². The Labute approximate surface area is 187 Å². The van der Waals surface area contributed by atoms with Crippen LogP contribution in [0.1, 0.15) is 46.4 Å². The van der Waals surface area contributed by atoms with E-state index in [1.807, 2.05) is 12.1 Å². The molecule has 0 aliphatic carbocycles. The van der Waals surface area contributed by atoms with Crippen LogP contribution in [0.3, 0.4) is 0 Å². The predicted molar refractivity (Wildman–Crippen MR) is 127 cm³/mol. The topological polar surface area (TPSA) is 46.6 Å². The summed E-state index contributed by atoms with van der Waals surface area (Å²) < 4.78 is 6.27. The molecular formula is C28H25NO3. The van der Waals surface area contributed by atoms with Gasteiger partial charge in [-0.05, 0) is 41.8 Å². The largest absolute Gasteiger partial charge is 0.492 e. The van der Waals surface area contributed by atoms with Crippen LogP contribution in [0.2, 0.25) is 0 Å². The van der Waals surface area contributed by atoms with Crippen molar-refractivity contribution in [3.8, 4) is 5.75 Å². The maximum Gasteiger partial charge on any atom is 0.261 e. The molecule has 1 heterocycles. The number of carbonyl (C=O) groups excluding carboxylic acids is 2. The maximum atomic E-state index is 12.4. The number of imide groups is 1. The average molecular weight is 424 g/mol. The highest BCUT2D eigenvalue weighted by molar-refractivity contribution is 6.21. The fourth-order valence-electron chi connectivity index (χ4n) is 4.47. The van der Waals surface area contributed by atoms with Crippen molar-refractivity contribution in [2.45, 2.75) is 25.7 Å². The Kier molecular flexibility index (Phi) is 5.59. The van der Waals surface area contributed by atoms with Gasteiger partial charge in [0.25, 0.3) is 11.8 Å². The Hall–Kier alpha value is -3.66. The zero-order chi connectivity index (χ0) is 21.9. The molecule has 0 aromatic heterocycles. The number of benzene rings is 4. The Morgan fingerprint density at radius 3 is 1.78 bits per heavy atom. The van der Waals surface area contributed by atoms with Gasteiger partial charge in [-0.25, -0.2) is 0 Å². The lowest BCUT2D eigenvalue weighted by Gasteiger charge is -2.14. The van der Waals surface area contributed by atoms with E-state index in [-0.39, 0.29) is 11.8 Å². The molecule has 4 heteroatoms. The van der Waals surface area contributed by atoms with Crippen molar-refractivity contribution in [2.24, 2.45) is 0 Å². The van der Waals surface area contributed by atoms with Crippen molar-refractivity contribution >= 4 is 33.4 Å². The highest BCUT2D eigenvalue weighted by Crippen LogP contribution is 2.35. The molecule has 0 unspecified atom stereocenters. The first-order chi connectivity index (χ1) is 15.7. The molecule has 1 aliphatic rings. The number of amides is 2. The van der Waals surface area contributed by atoms with E-state index >= 15 is 0 Å². The summed E-state index contributed by atoms with van der Waals surface area (Å²) in [7, 11) is 0. The molecule has 0 N–H and O–H groups in total. The van der Waals surface area contributed by atoms with E-state index in [4.69, 9.17) is 4.74 Å². The molecule has 0 atom stereocenters. The quantitative estimate of drug-likeness (QED) is 0.192. The number of hydrogen-bond acceptors (Lipinski definition) is 3. The Balaban J connectivity index is 1.14. The first-order valence-corrected chi connectivity index (χ1v) is 11.2. The predicted octanol–water partition coefficient (Wildman–Crippen LogP) is 6.23. The molecule has 0 radical (unpaired) electrons. The molecule has 4 aromatic rings. The van der Waals surface area contributed by atoms with Gasteiger partial charge in [0.15, 0.2) is 0 Å². The van der Waals surface area contributed by atoms with Gasteiger partial charge in [0.1, 0.15) is 5.75 Å². The molecule has 4 aromatic carbocycles. The number of fused-ring (bicyclic) bond motifs is 3. The zero-order valence-electron chi connectivity index (χ0n) is 17.9. The van der Waals surface area contributed by atoms with E-state index in [9.17, 15) is 9.59 Å². The summed E-state index contributed by atoms with van der Waals surface area (Å²) in [4.78, 5) is 26.2. The van der Waals surface area contributed by atoms with E-state index < -0.39 is 0 Å². The summed E-state index contributed by atoms with van der Waals surface area (Å²) in [6, 6.07) is 25.9. The second kappa shape index (κ2) is 8.83. The maximum absolute atomic E-state index is 12.4. The molecule has 160 valence electrons. The smallest absolute Gasteiger partial charge is 0.261 e. The van der Waals surface area contributed by atoms with E-state index in [0.717, 1.165) is 42.2 Å². The lowest BCUT2D eigenvalue weighted by molar-refractivity contribution is 0.0651. The third kappa shape index (κ3) is 3.73. The fourth-order valence-corrected chi connectivity index (χ4v) is 4.47. The Bertz CT molecular complexity index is 1220. The summed E-state index contributed by atoms with van der Waals surface area (Å²) in [6.45, 7) is 1.12. The summed E-state index contributed by atoms with van der Waals surface area (Å²) in [6.07, 6.45) is 3.68. The molecule has 5 rings (SSSR count). The van der Waals surface area contributed by atoms with Gasteiger partial charge in [0.05, 0.1) is 17.7 Å². The third-order valence-electron chi connectivity index (χ3n) is 6.12. The van der Waals surface area contributed by atoms with Crippen molar-refractivity contribution in [1.82, 2.24) is 4.90 Å². The Morgan fingerprint density at radius 2 is 1.16 bits per heavy atom. The van der Waals surface area contributed by atoms with Gasteiger partial charge in [0, 0.05) is 17.3 Å². The normalized spacial score (nSPS) is 13.2. The van der Waals surface area contributed by atoms with Crippen LogP contribution < -0.4 is 4.74 Å². The highest BCUT2D eigenvalue weighted by atomic mass is 16.5.